The molecule has 0 spiro atoms. The number of nitrogens with one attached hydrogen (secondary N) is 1. The van der Waals surface area contributed by atoms with Crippen molar-refractivity contribution >= 4 is 11.5 Å². The van der Waals surface area contributed by atoms with Gasteiger partial charge >= 0.3 is 0 Å². The first kappa shape index (κ1) is 11.6. The van der Waals surface area contributed by atoms with Crippen LogP contribution in [0.5, 0.6) is 0 Å². The quantitative estimate of drug-likeness (QED) is 0.771. The Morgan fingerprint density at radius 2 is 2.05 bits per heavy atom. The molecule has 0 aliphatic heterocycles. The van der Waals surface area contributed by atoms with Crippen molar-refractivity contribution in [1.29, 1.82) is 0 Å². The molecule has 0 saturated heterocycles. The van der Waals surface area contributed by atoms with Gasteiger partial charge < -0.3 is 5.32 Å². The number of aryl methyl sites for hydroxylation is 2. The van der Waals surface area contributed by atoms with Crippen molar-refractivity contribution in [3.05, 3.63) is 47.8 Å². The third-order valence-corrected chi connectivity index (χ3v) is 2.77. The average molecular weight is 254 g/mol. The number of rotatable bonds is 3. The highest BCUT2D eigenvalue weighted by molar-refractivity contribution is 5.48. The van der Waals surface area contributed by atoms with Crippen LogP contribution in [0.4, 0.5) is 5.82 Å². The van der Waals surface area contributed by atoms with Gasteiger partial charge in [-0.05, 0) is 13.8 Å². The number of hydrogen-bond acceptors (Lipinski definition) is 5. The Balaban J connectivity index is 1.85. The lowest BCUT2D eigenvalue weighted by Crippen LogP contribution is -2.08. The van der Waals surface area contributed by atoms with Crippen LogP contribution in [0.3, 0.4) is 0 Å². The highest BCUT2D eigenvalue weighted by Gasteiger charge is 2.04. The van der Waals surface area contributed by atoms with Gasteiger partial charge in [-0.1, -0.05) is 0 Å². The minimum absolute atomic E-state index is 0.603. The zero-order chi connectivity index (χ0) is 13.2. The molecule has 3 rings (SSSR count). The van der Waals surface area contributed by atoms with Gasteiger partial charge in [-0.15, -0.1) is 0 Å². The molecule has 3 aromatic rings. The summed E-state index contributed by atoms with van der Waals surface area (Å²) in [5.74, 6) is 0.898. The molecule has 6 heteroatoms. The molecule has 96 valence electrons. The topological polar surface area (TPSA) is 68.0 Å². The predicted octanol–water partition coefficient (Wildman–Crippen LogP) is 1.75. The molecule has 0 amide bonds. The molecular weight excluding hydrogens is 240 g/mol. The second-order valence-electron chi connectivity index (χ2n) is 4.39. The largest absolute Gasteiger partial charge is 0.364 e. The van der Waals surface area contributed by atoms with E-state index in [4.69, 9.17) is 0 Å². The molecular formula is C13H14N6. The molecule has 0 aromatic carbocycles. The highest BCUT2D eigenvalue weighted by Crippen LogP contribution is 2.12. The summed E-state index contributed by atoms with van der Waals surface area (Å²) in [5.41, 5.74) is 3.58. The van der Waals surface area contributed by atoms with Crippen molar-refractivity contribution in [2.45, 2.75) is 20.4 Å². The Hall–Kier alpha value is -2.50. The third-order valence-electron chi connectivity index (χ3n) is 2.77. The molecule has 0 atom stereocenters. The van der Waals surface area contributed by atoms with Crippen LogP contribution in [0.25, 0.3) is 5.65 Å². The number of aromatic nitrogens is 5. The molecule has 0 aliphatic carbocycles. The van der Waals surface area contributed by atoms with Crippen molar-refractivity contribution in [1.82, 2.24) is 24.6 Å². The van der Waals surface area contributed by atoms with E-state index in [0.717, 1.165) is 28.5 Å². The molecule has 0 saturated carbocycles. The summed E-state index contributed by atoms with van der Waals surface area (Å²) in [6.45, 7) is 4.49. The Morgan fingerprint density at radius 1 is 1.16 bits per heavy atom. The molecule has 6 nitrogen and oxygen atoms in total. The average Bonchev–Trinajstić information content (AvgIpc) is 2.85. The summed E-state index contributed by atoms with van der Waals surface area (Å²) in [6, 6.07) is 3.84. The molecule has 0 bridgehead atoms. The van der Waals surface area contributed by atoms with Crippen molar-refractivity contribution < 1.29 is 0 Å². The summed E-state index contributed by atoms with van der Waals surface area (Å²) in [4.78, 5) is 12.9. The van der Waals surface area contributed by atoms with E-state index < -0.39 is 0 Å². The van der Waals surface area contributed by atoms with Gasteiger partial charge in [0.05, 0.1) is 30.3 Å². The highest BCUT2D eigenvalue weighted by atomic mass is 15.3. The Morgan fingerprint density at radius 3 is 2.84 bits per heavy atom. The molecule has 0 aliphatic rings. The maximum Gasteiger partial charge on any atom is 0.157 e. The first-order valence-electron chi connectivity index (χ1n) is 6.05. The molecule has 0 radical (unpaired) electrons. The second kappa shape index (κ2) is 4.64. The molecule has 1 N–H and O–H groups in total. The minimum atomic E-state index is 0.603. The standard InChI is InChI=1S/C13H14N6/c1-9-5-13(19-12(18-9)3-4-17-19)16-8-11-7-14-10(2)6-15-11/h3-7,16H,8H2,1-2H3. The maximum absolute atomic E-state index is 4.40. The van der Waals surface area contributed by atoms with E-state index >= 15 is 0 Å². The normalized spacial score (nSPS) is 10.8. The van der Waals surface area contributed by atoms with Crippen LogP contribution >= 0.6 is 0 Å². The number of hydrogen-bond donors (Lipinski definition) is 1. The number of anilines is 1. The maximum atomic E-state index is 4.40. The van der Waals surface area contributed by atoms with Crippen molar-refractivity contribution in [3.8, 4) is 0 Å². The Kier molecular flexibility index (Phi) is 2.83. The fraction of sp³-hybridized carbons (Fsp3) is 0.231. The van der Waals surface area contributed by atoms with E-state index in [1.165, 1.54) is 0 Å². The summed E-state index contributed by atoms with van der Waals surface area (Å²) in [6.07, 6.45) is 5.27. The number of fused-ring (bicyclic) bond motifs is 1. The van der Waals surface area contributed by atoms with Crippen LogP contribution < -0.4 is 5.32 Å². The minimum Gasteiger partial charge on any atom is -0.364 e. The molecule has 0 unspecified atom stereocenters. The first-order valence-corrected chi connectivity index (χ1v) is 6.05. The SMILES string of the molecule is Cc1cnc(CNc2cc(C)nc3ccnn23)cn1. The lowest BCUT2D eigenvalue weighted by molar-refractivity contribution is 0.902. The van der Waals surface area contributed by atoms with Gasteiger partial charge in [0.2, 0.25) is 0 Å². The van der Waals surface area contributed by atoms with Crippen LogP contribution in [-0.4, -0.2) is 24.6 Å². The van der Waals surface area contributed by atoms with Crippen molar-refractivity contribution in [2.75, 3.05) is 5.32 Å². The van der Waals surface area contributed by atoms with Crippen LogP contribution in [0, 0.1) is 13.8 Å². The molecule has 0 fully saturated rings. The summed E-state index contributed by atoms with van der Waals surface area (Å²) in [5, 5.41) is 7.55. The van der Waals surface area contributed by atoms with E-state index in [0.29, 0.717) is 6.54 Å². The monoisotopic (exact) mass is 254 g/mol. The zero-order valence-corrected chi connectivity index (χ0v) is 10.8. The van der Waals surface area contributed by atoms with Gasteiger partial charge in [0.25, 0.3) is 0 Å². The van der Waals surface area contributed by atoms with Crippen LogP contribution in [0.2, 0.25) is 0 Å². The van der Waals surface area contributed by atoms with Crippen LogP contribution in [0.15, 0.2) is 30.7 Å². The first-order chi connectivity index (χ1) is 9.22. The third kappa shape index (κ3) is 2.37. The van der Waals surface area contributed by atoms with Crippen LogP contribution in [0.1, 0.15) is 17.1 Å². The van der Waals surface area contributed by atoms with E-state index in [1.807, 2.05) is 26.0 Å². The van der Waals surface area contributed by atoms with Gasteiger partial charge in [0, 0.05) is 24.0 Å². The van der Waals surface area contributed by atoms with Gasteiger partial charge in [-0.2, -0.15) is 9.61 Å². The predicted molar refractivity (Wildman–Crippen MR) is 71.8 cm³/mol. The summed E-state index contributed by atoms with van der Waals surface area (Å²) >= 11 is 0. The number of nitrogens with zero attached hydrogens (tertiary/aromatic N) is 5. The smallest absolute Gasteiger partial charge is 0.157 e. The van der Waals surface area contributed by atoms with Gasteiger partial charge in [0.1, 0.15) is 5.82 Å². The van der Waals surface area contributed by atoms with E-state index in [9.17, 15) is 0 Å². The van der Waals surface area contributed by atoms with Crippen molar-refractivity contribution in [3.63, 3.8) is 0 Å². The van der Waals surface area contributed by atoms with E-state index in [-0.39, 0.29) is 0 Å². The summed E-state index contributed by atoms with van der Waals surface area (Å²) in [7, 11) is 0. The zero-order valence-electron chi connectivity index (χ0n) is 10.8. The molecule has 3 aromatic heterocycles. The van der Waals surface area contributed by atoms with Crippen molar-refractivity contribution in [2.24, 2.45) is 0 Å². The Bertz CT molecular complexity index is 701. The van der Waals surface area contributed by atoms with Crippen LogP contribution in [-0.2, 0) is 6.54 Å². The second-order valence-corrected chi connectivity index (χ2v) is 4.39. The van der Waals surface area contributed by atoms with Gasteiger partial charge in [0.15, 0.2) is 5.65 Å². The fourth-order valence-electron chi connectivity index (χ4n) is 1.86. The Labute approximate surface area is 110 Å². The van der Waals surface area contributed by atoms with E-state index in [2.05, 4.69) is 25.4 Å². The lowest BCUT2D eigenvalue weighted by atomic mass is 10.4. The summed E-state index contributed by atoms with van der Waals surface area (Å²) < 4.78 is 1.77. The fourth-order valence-corrected chi connectivity index (χ4v) is 1.86. The molecule has 3 heterocycles. The van der Waals surface area contributed by atoms with Gasteiger partial charge in [-0.25, -0.2) is 4.98 Å². The molecule has 19 heavy (non-hydrogen) atoms. The van der Waals surface area contributed by atoms with Gasteiger partial charge in [-0.3, -0.25) is 9.97 Å². The van der Waals surface area contributed by atoms with E-state index in [1.54, 1.807) is 23.1 Å². The lowest BCUT2D eigenvalue weighted by Gasteiger charge is -2.08.